The number of rotatable bonds is 5. The summed E-state index contributed by atoms with van der Waals surface area (Å²) >= 11 is 0. The van der Waals surface area contributed by atoms with Crippen LogP contribution in [0.2, 0.25) is 0 Å². The molecule has 1 saturated carbocycles. The van der Waals surface area contributed by atoms with Crippen molar-refractivity contribution in [1.29, 1.82) is 0 Å². The third-order valence-corrected chi connectivity index (χ3v) is 5.33. The smallest absolute Gasteiger partial charge is 0.211 e. The summed E-state index contributed by atoms with van der Waals surface area (Å²) in [4.78, 5) is 0. The lowest BCUT2D eigenvalue weighted by atomic mass is 9.91. The van der Waals surface area contributed by atoms with Crippen LogP contribution in [0.4, 0.5) is 0 Å². The zero-order valence-corrected chi connectivity index (χ0v) is 11.7. The highest BCUT2D eigenvalue weighted by atomic mass is 32.2. The topological polar surface area (TPSA) is 49.4 Å². The number of hydrogen-bond acceptors (Lipinski definition) is 3. The Morgan fingerprint density at radius 3 is 2.53 bits per heavy atom. The summed E-state index contributed by atoms with van der Waals surface area (Å²) in [5.74, 6) is 1.36. The van der Waals surface area contributed by atoms with Crippen LogP contribution in [0, 0.1) is 11.8 Å². The molecule has 1 saturated heterocycles. The third-order valence-electron chi connectivity index (χ3n) is 4.06. The van der Waals surface area contributed by atoms with E-state index in [-0.39, 0.29) is 0 Å². The molecule has 17 heavy (non-hydrogen) atoms. The first-order chi connectivity index (χ1) is 8.00. The molecular formula is C12H24N2O2S. The van der Waals surface area contributed by atoms with Gasteiger partial charge in [0.1, 0.15) is 0 Å². The van der Waals surface area contributed by atoms with Crippen LogP contribution in [-0.4, -0.2) is 44.7 Å². The molecule has 2 fully saturated rings. The standard InChI is InChI=1S/C12H24N2O2S/c1-3-11-9-14(17(2,15)16)7-6-12(11)13-8-10-4-5-10/h10-13H,3-9H2,1-2H3/t11-,12-/m0/s1. The van der Waals surface area contributed by atoms with Crippen molar-refractivity contribution in [2.45, 2.75) is 38.6 Å². The molecule has 0 aromatic heterocycles. The van der Waals surface area contributed by atoms with Crippen LogP contribution < -0.4 is 5.32 Å². The van der Waals surface area contributed by atoms with Crippen LogP contribution in [0.25, 0.3) is 0 Å². The summed E-state index contributed by atoms with van der Waals surface area (Å²) in [6.07, 6.45) is 6.06. The Kier molecular flexibility index (Phi) is 4.10. The van der Waals surface area contributed by atoms with E-state index >= 15 is 0 Å². The second-order valence-electron chi connectivity index (χ2n) is 5.54. The van der Waals surface area contributed by atoms with Crippen LogP contribution >= 0.6 is 0 Å². The molecular weight excluding hydrogens is 236 g/mol. The van der Waals surface area contributed by atoms with Gasteiger partial charge in [-0.15, -0.1) is 0 Å². The minimum Gasteiger partial charge on any atom is -0.313 e. The number of hydrogen-bond donors (Lipinski definition) is 1. The monoisotopic (exact) mass is 260 g/mol. The third kappa shape index (κ3) is 3.66. The second-order valence-corrected chi connectivity index (χ2v) is 7.52. The van der Waals surface area contributed by atoms with Gasteiger partial charge < -0.3 is 5.32 Å². The molecule has 2 aliphatic rings. The molecule has 1 N–H and O–H groups in total. The molecule has 1 heterocycles. The Bertz CT molecular complexity index is 352. The van der Waals surface area contributed by atoms with Gasteiger partial charge >= 0.3 is 0 Å². The molecule has 1 aliphatic carbocycles. The van der Waals surface area contributed by atoms with Crippen LogP contribution in [0.15, 0.2) is 0 Å². The van der Waals surface area contributed by atoms with Gasteiger partial charge in [-0.1, -0.05) is 13.3 Å². The fourth-order valence-corrected chi connectivity index (χ4v) is 3.52. The van der Waals surface area contributed by atoms with E-state index in [1.54, 1.807) is 4.31 Å². The van der Waals surface area contributed by atoms with E-state index in [2.05, 4.69) is 12.2 Å². The van der Waals surface area contributed by atoms with Gasteiger partial charge in [-0.25, -0.2) is 12.7 Å². The zero-order valence-electron chi connectivity index (χ0n) is 10.9. The van der Waals surface area contributed by atoms with E-state index in [1.807, 2.05) is 0 Å². The van der Waals surface area contributed by atoms with E-state index in [1.165, 1.54) is 19.1 Å². The van der Waals surface area contributed by atoms with E-state index in [0.29, 0.717) is 25.0 Å². The summed E-state index contributed by atoms with van der Waals surface area (Å²) in [6, 6.07) is 0.513. The minimum atomic E-state index is -3.01. The molecule has 1 aliphatic heterocycles. The summed E-state index contributed by atoms with van der Waals surface area (Å²) in [6.45, 7) is 4.65. The lowest BCUT2D eigenvalue weighted by molar-refractivity contribution is 0.202. The molecule has 2 atom stereocenters. The molecule has 0 spiro atoms. The minimum absolute atomic E-state index is 0.470. The van der Waals surface area contributed by atoms with Crippen molar-refractivity contribution in [3.05, 3.63) is 0 Å². The number of sulfonamides is 1. The van der Waals surface area contributed by atoms with E-state index < -0.39 is 10.0 Å². The van der Waals surface area contributed by atoms with Crippen LogP contribution in [0.1, 0.15) is 32.6 Å². The first kappa shape index (κ1) is 13.3. The summed E-state index contributed by atoms with van der Waals surface area (Å²) in [5, 5.41) is 3.64. The average molecular weight is 260 g/mol. The van der Waals surface area contributed by atoms with Crippen molar-refractivity contribution in [2.24, 2.45) is 11.8 Å². The van der Waals surface area contributed by atoms with Crippen molar-refractivity contribution in [3.63, 3.8) is 0 Å². The maximum absolute atomic E-state index is 11.5. The second kappa shape index (κ2) is 5.24. The number of piperidine rings is 1. The quantitative estimate of drug-likeness (QED) is 0.804. The van der Waals surface area contributed by atoms with E-state index in [4.69, 9.17) is 0 Å². The van der Waals surface area contributed by atoms with E-state index in [9.17, 15) is 8.42 Å². The van der Waals surface area contributed by atoms with Crippen molar-refractivity contribution in [3.8, 4) is 0 Å². The largest absolute Gasteiger partial charge is 0.313 e. The molecule has 0 radical (unpaired) electrons. The Morgan fingerprint density at radius 1 is 1.29 bits per heavy atom. The average Bonchev–Trinajstić information content (AvgIpc) is 3.08. The molecule has 2 rings (SSSR count). The Morgan fingerprint density at radius 2 is 2.00 bits per heavy atom. The van der Waals surface area contributed by atoms with Gasteiger partial charge in [-0.3, -0.25) is 0 Å². The predicted molar refractivity (Wildman–Crippen MR) is 69.3 cm³/mol. The highest BCUT2D eigenvalue weighted by Crippen LogP contribution is 2.29. The van der Waals surface area contributed by atoms with Crippen LogP contribution in [-0.2, 0) is 10.0 Å². The van der Waals surface area contributed by atoms with Gasteiger partial charge in [0.2, 0.25) is 10.0 Å². The Hall–Kier alpha value is -0.130. The summed E-state index contributed by atoms with van der Waals surface area (Å²) < 4.78 is 24.7. The molecule has 0 amide bonds. The first-order valence-electron chi connectivity index (χ1n) is 6.69. The lowest BCUT2D eigenvalue weighted by Crippen LogP contribution is -2.50. The van der Waals surface area contributed by atoms with Crippen molar-refractivity contribution in [1.82, 2.24) is 9.62 Å². The number of nitrogens with one attached hydrogen (secondary N) is 1. The summed E-state index contributed by atoms with van der Waals surface area (Å²) in [7, 11) is -3.01. The molecule has 0 bridgehead atoms. The Labute approximate surface area is 105 Å². The van der Waals surface area contributed by atoms with Gasteiger partial charge in [0.15, 0.2) is 0 Å². The van der Waals surface area contributed by atoms with Crippen LogP contribution in [0.5, 0.6) is 0 Å². The van der Waals surface area contributed by atoms with Gasteiger partial charge in [-0.05, 0) is 37.6 Å². The molecule has 0 aromatic carbocycles. The lowest BCUT2D eigenvalue weighted by Gasteiger charge is -2.37. The van der Waals surface area contributed by atoms with Crippen molar-refractivity contribution < 1.29 is 8.42 Å². The normalized spacial score (nSPS) is 31.6. The molecule has 0 unspecified atom stereocenters. The zero-order chi connectivity index (χ0) is 12.5. The fraction of sp³-hybridized carbons (Fsp3) is 1.00. The van der Waals surface area contributed by atoms with Gasteiger partial charge in [0.25, 0.3) is 0 Å². The predicted octanol–water partition coefficient (Wildman–Crippen LogP) is 1.05. The highest BCUT2D eigenvalue weighted by molar-refractivity contribution is 7.88. The highest BCUT2D eigenvalue weighted by Gasteiger charge is 2.32. The van der Waals surface area contributed by atoms with Crippen molar-refractivity contribution in [2.75, 3.05) is 25.9 Å². The van der Waals surface area contributed by atoms with Gasteiger partial charge in [0, 0.05) is 19.1 Å². The summed E-state index contributed by atoms with van der Waals surface area (Å²) in [5.41, 5.74) is 0. The van der Waals surface area contributed by atoms with Crippen LogP contribution in [0.3, 0.4) is 0 Å². The first-order valence-corrected chi connectivity index (χ1v) is 8.54. The van der Waals surface area contributed by atoms with E-state index in [0.717, 1.165) is 25.3 Å². The maximum atomic E-state index is 11.5. The van der Waals surface area contributed by atoms with Gasteiger partial charge in [0.05, 0.1) is 6.26 Å². The molecule has 5 heteroatoms. The fourth-order valence-electron chi connectivity index (χ4n) is 2.62. The van der Waals surface area contributed by atoms with Crippen molar-refractivity contribution >= 4 is 10.0 Å². The number of nitrogens with zero attached hydrogens (tertiary/aromatic N) is 1. The van der Waals surface area contributed by atoms with Gasteiger partial charge in [-0.2, -0.15) is 0 Å². The SMILES string of the molecule is CC[C@H]1CN(S(C)(=O)=O)CC[C@@H]1NCC1CC1. The molecule has 100 valence electrons. The molecule has 0 aromatic rings. The Balaban J connectivity index is 1.88. The maximum Gasteiger partial charge on any atom is 0.211 e. The molecule has 4 nitrogen and oxygen atoms in total.